The van der Waals surface area contributed by atoms with Crippen LogP contribution in [-0.4, -0.2) is 35.5 Å². The standard InChI is InChI=1S/C27H34ClN3O2/c1-19(2)15-26(32)31(18-21-9-11-23(28)12-10-21)14-6-7-20(3)30-25-17-24(33-4)16-22-8-5-13-29-27(22)25/h5,8-13,16-17,19-20,30H,6-7,14-15,18H2,1-4H3. The van der Waals surface area contributed by atoms with Gasteiger partial charge in [-0.3, -0.25) is 9.78 Å². The van der Waals surface area contributed by atoms with Crippen molar-refractivity contribution < 1.29 is 9.53 Å². The topological polar surface area (TPSA) is 54.5 Å². The quantitative estimate of drug-likeness (QED) is 0.347. The Hall–Kier alpha value is -2.79. The zero-order chi connectivity index (χ0) is 23.8. The van der Waals surface area contributed by atoms with E-state index >= 15 is 0 Å². The molecule has 0 bridgehead atoms. The molecule has 176 valence electrons. The molecule has 1 N–H and O–H groups in total. The lowest BCUT2D eigenvalue weighted by Crippen LogP contribution is -2.33. The Labute approximate surface area is 202 Å². The number of fused-ring (bicyclic) bond motifs is 1. The van der Waals surface area contributed by atoms with Crippen LogP contribution in [0.1, 0.15) is 45.6 Å². The normalized spacial score (nSPS) is 12.1. The van der Waals surface area contributed by atoms with Crippen molar-refractivity contribution in [2.24, 2.45) is 5.92 Å². The average molecular weight is 468 g/mol. The molecule has 1 amide bonds. The molecule has 0 aliphatic carbocycles. The minimum atomic E-state index is 0.198. The van der Waals surface area contributed by atoms with Crippen LogP contribution < -0.4 is 10.1 Å². The van der Waals surface area contributed by atoms with Crippen molar-refractivity contribution in [2.45, 2.75) is 52.6 Å². The first-order chi connectivity index (χ1) is 15.9. The van der Waals surface area contributed by atoms with Gasteiger partial charge in [0.15, 0.2) is 0 Å². The van der Waals surface area contributed by atoms with Crippen molar-refractivity contribution in [1.82, 2.24) is 9.88 Å². The molecule has 0 saturated carbocycles. The van der Waals surface area contributed by atoms with E-state index < -0.39 is 0 Å². The molecule has 1 heterocycles. The number of aromatic nitrogens is 1. The number of hydrogen-bond donors (Lipinski definition) is 1. The summed E-state index contributed by atoms with van der Waals surface area (Å²) in [5.41, 5.74) is 2.99. The number of benzene rings is 2. The molecule has 2 aromatic carbocycles. The van der Waals surface area contributed by atoms with Gasteiger partial charge < -0.3 is 15.0 Å². The average Bonchev–Trinajstić information content (AvgIpc) is 2.79. The SMILES string of the molecule is COc1cc(NC(C)CCCN(Cc2ccc(Cl)cc2)C(=O)CC(C)C)c2ncccc2c1. The smallest absolute Gasteiger partial charge is 0.223 e. The fourth-order valence-electron chi connectivity index (χ4n) is 3.90. The van der Waals surface area contributed by atoms with Crippen LogP contribution in [-0.2, 0) is 11.3 Å². The Balaban J connectivity index is 1.62. The zero-order valence-corrected chi connectivity index (χ0v) is 20.7. The van der Waals surface area contributed by atoms with Gasteiger partial charge in [0, 0.05) is 48.2 Å². The van der Waals surface area contributed by atoms with Crippen molar-refractivity contribution in [2.75, 3.05) is 19.0 Å². The number of anilines is 1. The van der Waals surface area contributed by atoms with Crippen LogP contribution in [0, 0.1) is 5.92 Å². The van der Waals surface area contributed by atoms with Gasteiger partial charge in [0.1, 0.15) is 5.75 Å². The Kier molecular flexibility index (Phi) is 8.95. The lowest BCUT2D eigenvalue weighted by molar-refractivity contribution is -0.132. The second-order valence-electron chi connectivity index (χ2n) is 8.98. The van der Waals surface area contributed by atoms with Crippen molar-refractivity contribution in [1.29, 1.82) is 0 Å². The highest BCUT2D eigenvalue weighted by Gasteiger charge is 2.16. The molecular formula is C27H34ClN3O2. The van der Waals surface area contributed by atoms with Gasteiger partial charge in [-0.2, -0.15) is 0 Å². The third-order valence-electron chi connectivity index (χ3n) is 5.60. The zero-order valence-electron chi connectivity index (χ0n) is 20.0. The molecule has 3 aromatic rings. The number of methoxy groups -OCH3 is 1. The molecule has 33 heavy (non-hydrogen) atoms. The molecule has 3 rings (SSSR count). The first kappa shape index (κ1) is 24.8. The number of rotatable bonds is 11. The molecule has 5 nitrogen and oxygen atoms in total. The number of ether oxygens (including phenoxy) is 1. The Bertz CT molecular complexity index is 1050. The summed E-state index contributed by atoms with van der Waals surface area (Å²) in [6.07, 6.45) is 4.20. The van der Waals surface area contributed by atoms with Crippen LogP contribution in [0.15, 0.2) is 54.7 Å². The number of carbonyl (C=O) groups is 1. The number of halogens is 1. The predicted octanol–water partition coefficient (Wildman–Crippen LogP) is 6.55. The van der Waals surface area contributed by atoms with Crippen molar-refractivity contribution >= 4 is 34.1 Å². The summed E-state index contributed by atoms with van der Waals surface area (Å²) in [4.78, 5) is 19.4. The maximum absolute atomic E-state index is 12.9. The predicted molar refractivity (Wildman–Crippen MR) is 137 cm³/mol. The largest absolute Gasteiger partial charge is 0.497 e. The molecule has 1 unspecified atom stereocenters. The van der Waals surface area contributed by atoms with Gasteiger partial charge >= 0.3 is 0 Å². The number of carbonyl (C=O) groups excluding carboxylic acids is 1. The van der Waals surface area contributed by atoms with Crippen molar-refractivity contribution in [3.05, 3.63) is 65.3 Å². The lowest BCUT2D eigenvalue weighted by Gasteiger charge is -2.25. The summed E-state index contributed by atoms with van der Waals surface area (Å²) in [6.45, 7) is 7.65. The van der Waals surface area contributed by atoms with E-state index in [2.05, 4.69) is 31.1 Å². The first-order valence-electron chi connectivity index (χ1n) is 11.6. The van der Waals surface area contributed by atoms with Gasteiger partial charge in [-0.25, -0.2) is 0 Å². The van der Waals surface area contributed by atoms with E-state index in [4.69, 9.17) is 16.3 Å². The Morgan fingerprint density at radius 1 is 1.15 bits per heavy atom. The molecule has 0 saturated heterocycles. The van der Waals surface area contributed by atoms with E-state index in [0.29, 0.717) is 23.9 Å². The Morgan fingerprint density at radius 2 is 1.91 bits per heavy atom. The number of nitrogens with one attached hydrogen (secondary N) is 1. The maximum Gasteiger partial charge on any atom is 0.223 e. The number of hydrogen-bond acceptors (Lipinski definition) is 4. The number of amides is 1. The minimum absolute atomic E-state index is 0.198. The number of pyridine rings is 1. The molecular weight excluding hydrogens is 434 g/mol. The highest BCUT2D eigenvalue weighted by molar-refractivity contribution is 6.30. The summed E-state index contributed by atoms with van der Waals surface area (Å²) < 4.78 is 5.46. The third-order valence-corrected chi connectivity index (χ3v) is 5.86. The van der Waals surface area contributed by atoms with E-state index in [0.717, 1.165) is 47.3 Å². The van der Waals surface area contributed by atoms with Crippen molar-refractivity contribution in [3.8, 4) is 5.75 Å². The molecule has 0 radical (unpaired) electrons. The summed E-state index contributed by atoms with van der Waals surface area (Å²) >= 11 is 6.02. The van der Waals surface area contributed by atoms with E-state index in [1.54, 1.807) is 13.3 Å². The van der Waals surface area contributed by atoms with Crippen molar-refractivity contribution in [3.63, 3.8) is 0 Å². The molecule has 1 aromatic heterocycles. The summed E-state index contributed by atoms with van der Waals surface area (Å²) in [6, 6.07) is 15.9. The fraction of sp³-hybridized carbons (Fsp3) is 0.407. The second-order valence-corrected chi connectivity index (χ2v) is 9.41. The van der Waals surface area contributed by atoms with Crippen LogP contribution in [0.2, 0.25) is 5.02 Å². The van der Waals surface area contributed by atoms with Gasteiger partial charge in [0.05, 0.1) is 18.3 Å². The van der Waals surface area contributed by atoms with Gasteiger partial charge in [-0.1, -0.05) is 43.6 Å². The van der Waals surface area contributed by atoms with E-state index in [1.165, 1.54) is 0 Å². The van der Waals surface area contributed by atoms with Crippen LogP contribution in [0.25, 0.3) is 10.9 Å². The lowest BCUT2D eigenvalue weighted by atomic mass is 10.1. The van der Waals surface area contributed by atoms with Crippen LogP contribution in [0.3, 0.4) is 0 Å². The fourth-order valence-corrected chi connectivity index (χ4v) is 4.03. The Morgan fingerprint density at radius 3 is 2.61 bits per heavy atom. The van der Waals surface area contributed by atoms with E-state index in [9.17, 15) is 4.79 Å². The van der Waals surface area contributed by atoms with E-state index in [-0.39, 0.29) is 11.9 Å². The number of nitrogens with zero attached hydrogens (tertiary/aromatic N) is 2. The summed E-state index contributed by atoms with van der Waals surface area (Å²) in [5.74, 6) is 1.34. The van der Waals surface area contributed by atoms with Crippen LogP contribution >= 0.6 is 11.6 Å². The summed E-state index contributed by atoms with van der Waals surface area (Å²) in [5, 5.41) is 5.34. The molecule has 6 heteroatoms. The molecule has 0 spiro atoms. The monoisotopic (exact) mass is 467 g/mol. The van der Waals surface area contributed by atoms with E-state index in [1.807, 2.05) is 53.4 Å². The molecule has 1 atom stereocenters. The molecule has 0 fully saturated rings. The summed E-state index contributed by atoms with van der Waals surface area (Å²) in [7, 11) is 1.67. The van der Waals surface area contributed by atoms with Crippen LogP contribution in [0.5, 0.6) is 5.75 Å². The van der Waals surface area contributed by atoms with Gasteiger partial charge in [-0.05, 0) is 55.5 Å². The highest BCUT2D eigenvalue weighted by atomic mass is 35.5. The third kappa shape index (κ3) is 7.36. The van der Waals surface area contributed by atoms with Gasteiger partial charge in [0.25, 0.3) is 0 Å². The molecule has 0 aliphatic rings. The second kappa shape index (κ2) is 11.9. The van der Waals surface area contributed by atoms with Crippen LogP contribution in [0.4, 0.5) is 5.69 Å². The molecule has 0 aliphatic heterocycles. The van der Waals surface area contributed by atoms with Gasteiger partial charge in [-0.15, -0.1) is 0 Å². The highest BCUT2D eigenvalue weighted by Crippen LogP contribution is 2.28. The first-order valence-corrected chi connectivity index (χ1v) is 11.9. The maximum atomic E-state index is 12.9. The minimum Gasteiger partial charge on any atom is -0.497 e. The van der Waals surface area contributed by atoms with Gasteiger partial charge in [0.2, 0.25) is 5.91 Å².